The predicted molar refractivity (Wildman–Crippen MR) is 124 cm³/mol. The maximum atomic E-state index is 12.5. The molecule has 0 aliphatic carbocycles. The number of methoxy groups -OCH3 is 2. The van der Waals surface area contributed by atoms with Gasteiger partial charge in [0.05, 0.1) is 37.6 Å². The molecule has 1 unspecified atom stereocenters. The highest BCUT2D eigenvalue weighted by Crippen LogP contribution is 2.39. The minimum absolute atomic E-state index is 0.0473. The zero-order chi connectivity index (χ0) is 23.4. The van der Waals surface area contributed by atoms with Gasteiger partial charge in [-0.1, -0.05) is 18.2 Å². The molecule has 3 aromatic rings. The van der Waals surface area contributed by atoms with Crippen LogP contribution in [0.3, 0.4) is 0 Å². The fourth-order valence-electron chi connectivity index (χ4n) is 3.57. The fourth-order valence-corrected chi connectivity index (χ4v) is 4.40. The standard InChI is InChI=1S/C24H24N2O6S/c1-15-24(28)26(18-8-4-5-9-19(18)32-15)12-11-21(27)31-13-16-14-33-23(25-16)17-7-6-10-20(29-2)22(17)30-3/h4-10,14-15H,11-13H2,1-3H3. The van der Waals surface area contributed by atoms with E-state index in [-0.39, 0.29) is 25.5 Å². The number of carbonyl (C=O) groups is 2. The second kappa shape index (κ2) is 9.91. The van der Waals surface area contributed by atoms with Crippen LogP contribution >= 0.6 is 11.3 Å². The number of esters is 1. The molecule has 1 atom stereocenters. The molecule has 0 spiro atoms. The molecule has 172 valence electrons. The Bertz CT molecular complexity index is 1160. The summed E-state index contributed by atoms with van der Waals surface area (Å²) in [6.45, 7) is 1.96. The maximum Gasteiger partial charge on any atom is 0.307 e. The van der Waals surface area contributed by atoms with Gasteiger partial charge in [-0.2, -0.15) is 0 Å². The molecule has 9 heteroatoms. The quantitative estimate of drug-likeness (QED) is 0.461. The molecular formula is C24H24N2O6S. The number of carbonyl (C=O) groups excluding carboxylic acids is 2. The molecule has 33 heavy (non-hydrogen) atoms. The molecule has 1 aromatic heterocycles. The first-order valence-corrected chi connectivity index (χ1v) is 11.3. The third-order valence-corrected chi connectivity index (χ3v) is 6.10. The highest BCUT2D eigenvalue weighted by atomic mass is 32.1. The van der Waals surface area contributed by atoms with Crippen LogP contribution in [0, 0.1) is 0 Å². The summed E-state index contributed by atoms with van der Waals surface area (Å²) < 4.78 is 21.8. The lowest BCUT2D eigenvalue weighted by Gasteiger charge is -2.32. The second-order valence-electron chi connectivity index (χ2n) is 7.31. The minimum Gasteiger partial charge on any atom is -0.493 e. The smallest absolute Gasteiger partial charge is 0.307 e. The molecular weight excluding hydrogens is 444 g/mol. The summed E-state index contributed by atoms with van der Waals surface area (Å²) >= 11 is 1.43. The first-order chi connectivity index (χ1) is 16.0. The van der Waals surface area contributed by atoms with Crippen LogP contribution in [0.25, 0.3) is 10.6 Å². The van der Waals surface area contributed by atoms with Crippen molar-refractivity contribution in [1.82, 2.24) is 4.98 Å². The number of aromatic nitrogens is 1. The summed E-state index contributed by atoms with van der Waals surface area (Å²) in [5.41, 5.74) is 2.09. The van der Waals surface area contributed by atoms with Gasteiger partial charge in [-0.25, -0.2) is 4.98 Å². The second-order valence-corrected chi connectivity index (χ2v) is 8.17. The van der Waals surface area contributed by atoms with Crippen molar-refractivity contribution < 1.29 is 28.5 Å². The Balaban J connectivity index is 1.36. The Labute approximate surface area is 195 Å². The van der Waals surface area contributed by atoms with Gasteiger partial charge in [-0.3, -0.25) is 9.59 Å². The van der Waals surface area contributed by atoms with Crippen molar-refractivity contribution in [3.05, 3.63) is 53.5 Å². The molecule has 2 aromatic carbocycles. The van der Waals surface area contributed by atoms with Crippen molar-refractivity contribution in [2.24, 2.45) is 0 Å². The van der Waals surface area contributed by atoms with Gasteiger partial charge < -0.3 is 23.8 Å². The number of ether oxygens (including phenoxy) is 4. The van der Waals surface area contributed by atoms with Gasteiger partial charge in [-0.15, -0.1) is 11.3 Å². The van der Waals surface area contributed by atoms with Crippen LogP contribution < -0.4 is 19.1 Å². The zero-order valence-electron chi connectivity index (χ0n) is 18.6. The lowest BCUT2D eigenvalue weighted by atomic mass is 10.2. The predicted octanol–water partition coefficient (Wildman–Crippen LogP) is 4.07. The summed E-state index contributed by atoms with van der Waals surface area (Å²) in [5, 5.41) is 2.58. The first-order valence-electron chi connectivity index (χ1n) is 10.4. The van der Waals surface area contributed by atoms with E-state index in [4.69, 9.17) is 18.9 Å². The van der Waals surface area contributed by atoms with Crippen LogP contribution in [-0.2, 0) is 20.9 Å². The van der Waals surface area contributed by atoms with E-state index >= 15 is 0 Å². The number of hydrogen-bond acceptors (Lipinski definition) is 8. The number of nitrogens with zero attached hydrogens (tertiary/aromatic N) is 2. The van der Waals surface area contributed by atoms with Crippen LogP contribution in [0.4, 0.5) is 5.69 Å². The fraction of sp³-hybridized carbons (Fsp3) is 0.292. The Morgan fingerprint density at radius 3 is 2.76 bits per heavy atom. The van der Waals surface area contributed by atoms with Gasteiger partial charge in [0, 0.05) is 11.9 Å². The van der Waals surface area contributed by atoms with Crippen LogP contribution in [0.5, 0.6) is 17.2 Å². The van der Waals surface area contributed by atoms with Crippen molar-refractivity contribution in [3.8, 4) is 27.8 Å². The molecule has 8 nitrogen and oxygen atoms in total. The maximum absolute atomic E-state index is 12.5. The molecule has 2 heterocycles. The molecule has 1 amide bonds. The number of fused-ring (bicyclic) bond motifs is 1. The third-order valence-electron chi connectivity index (χ3n) is 5.18. The molecule has 1 aliphatic rings. The number of amides is 1. The van der Waals surface area contributed by atoms with E-state index in [1.54, 1.807) is 38.2 Å². The van der Waals surface area contributed by atoms with Crippen molar-refractivity contribution in [2.45, 2.75) is 26.1 Å². The van der Waals surface area contributed by atoms with E-state index in [1.807, 2.05) is 35.7 Å². The topological polar surface area (TPSA) is 87.2 Å². The van der Waals surface area contributed by atoms with E-state index in [9.17, 15) is 9.59 Å². The molecule has 0 bridgehead atoms. The molecule has 1 aliphatic heterocycles. The van der Waals surface area contributed by atoms with E-state index < -0.39 is 12.1 Å². The van der Waals surface area contributed by atoms with Gasteiger partial charge in [-0.05, 0) is 31.2 Å². The van der Waals surface area contributed by atoms with Gasteiger partial charge in [0.2, 0.25) is 0 Å². The number of hydrogen-bond donors (Lipinski definition) is 0. The molecule has 0 fully saturated rings. The lowest BCUT2D eigenvalue weighted by molar-refractivity contribution is -0.144. The monoisotopic (exact) mass is 468 g/mol. The van der Waals surface area contributed by atoms with Crippen molar-refractivity contribution in [3.63, 3.8) is 0 Å². The Morgan fingerprint density at radius 1 is 1.15 bits per heavy atom. The average Bonchev–Trinajstić information content (AvgIpc) is 3.31. The van der Waals surface area contributed by atoms with Crippen LogP contribution in [0.2, 0.25) is 0 Å². The van der Waals surface area contributed by atoms with Gasteiger partial charge in [0.15, 0.2) is 17.6 Å². The molecule has 4 rings (SSSR count). The van der Waals surface area contributed by atoms with Crippen LogP contribution in [0.15, 0.2) is 47.8 Å². The van der Waals surface area contributed by atoms with Crippen LogP contribution in [0.1, 0.15) is 19.0 Å². The van der Waals surface area contributed by atoms with Gasteiger partial charge in [0.1, 0.15) is 17.4 Å². The minimum atomic E-state index is -0.599. The number of anilines is 1. The van der Waals surface area contributed by atoms with Gasteiger partial charge >= 0.3 is 5.97 Å². The SMILES string of the molecule is COc1cccc(-c2nc(COC(=O)CCN3C(=O)C(C)Oc4ccccc43)cs2)c1OC. The number of thiazole rings is 1. The third kappa shape index (κ3) is 4.78. The zero-order valence-corrected chi connectivity index (χ0v) is 19.4. The number of para-hydroxylation sites is 3. The van der Waals surface area contributed by atoms with E-state index in [0.717, 1.165) is 10.6 Å². The summed E-state index contributed by atoms with van der Waals surface area (Å²) in [6, 6.07) is 12.9. The molecule has 0 saturated carbocycles. The largest absolute Gasteiger partial charge is 0.493 e. The van der Waals surface area contributed by atoms with E-state index in [2.05, 4.69) is 4.98 Å². The van der Waals surface area contributed by atoms with Crippen molar-refractivity contribution in [2.75, 3.05) is 25.7 Å². The highest BCUT2D eigenvalue weighted by Gasteiger charge is 2.31. The van der Waals surface area contributed by atoms with E-state index in [0.29, 0.717) is 28.6 Å². The average molecular weight is 469 g/mol. The van der Waals surface area contributed by atoms with Crippen molar-refractivity contribution in [1.29, 1.82) is 0 Å². The summed E-state index contributed by atoms with van der Waals surface area (Å²) in [6.07, 6.45) is -0.536. The van der Waals surface area contributed by atoms with Gasteiger partial charge in [0.25, 0.3) is 5.91 Å². The normalized spacial score (nSPS) is 14.9. The highest BCUT2D eigenvalue weighted by molar-refractivity contribution is 7.13. The summed E-state index contributed by atoms with van der Waals surface area (Å²) in [7, 11) is 3.16. The first kappa shape index (κ1) is 22.6. The summed E-state index contributed by atoms with van der Waals surface area (Å²) in [4.78, 5) is 31.0. The lowest BCUT2D eigenvalue weighted by Crippen LogP contribution is -2.45. The Hall–Kier alpha value is -3.59. The number of rotatable bonds is 8. The molecule has 0 N–H and O–H groups in total. The van der Waals surface area contributed by atoms with Crippen LogP contribution in [-0.4, -0.2) is 43.7 Å². The Morgan fingerprint density at radius 2 is 1.97 bits per heavy atom. The Kier molecular flexibility index (Phi) is 6.79. The summed E-state index contributed by atoms with van der Waals surface area (Å²) in [5.74, 6) is 1.25. The molecule has 0 radical (unpaired) electrons. The van der Waals surface area contributed by atoms with Crippen molar-refractivity contribution >= 4 is 28.9 Å². The number of benzene rings is 2. The van der Waals surface area contributed by atoms with E-state index in [1.165, 1.54) is 11.3 Å². The molecule has 0 saturated heterocycles.